The zero-order valence-electron chi connectivity index (χ0n) is 11.5. The van der Waals surface area contributed by atoms with Crippen LogP contribution in [0.5, 0.6) is 0 Å². The lowest BCUT2D eigenvalue weighted by atomic mass is 10.0. The predicted octanol–water partition coefficient (Wildman–Crippen LogP) is 2.39. The lowest BCUT2D eigenvalue weighted by Gasteiger charge is -2.39. The average Bonchev–Trinajstić information content (AvgIpc) is 2.32. The van der Waals surface area contributed by atoms with E-state index in [0.29, 0.717) is 17.1 Å². The molecule has 1 saturated heterocycles. The van der Waals surface area contributed by atoms with E-state index in [1.807, 2.05) is 0 Å². The van der Waals surface area contributed by atoms with Gasteiger partial charge in [-0.25, -0.2) is 9.97 Å². The van der Waals surface area contributed by atoms with Gasteiger partial charge in [0.1, 0.15) is 17.3 Å². The van der Waals surface area contributed by atoms with E-state index in [1.54, 1.807) is 6.33 Å². The topological polar surface area (TPSA) is 32.3 Å². The van der Waals surface area contributed by atoms with E-state index in [9.17, 15) is 0 Å². The van der Waals surface area contributed by atoms with Crippen LogP contribution in [0.2, 0.25) is 5.15 Å². The molecule has 5 heteroatoms. The Morgan fingerprint density at radius 2 is 2.06 bits per heavy atom. The van der Waals surface area contributed by atoms with Crippen molar-refractivity contribution in [2.45, 2.75) is 32.7 Å². The van der Waals surface area contributed by atoms with Crippen molar-refractivity contribution in [3.8, 4) is 0 Å². The van der Waals surface area contributed by atoms with Crippen molar-refractivity contribution in [2.24, 2.45) is 0 Å². The molecule has 1 fully saturated rings. The van der Waals surface area contributed by atoms with Crippen LogP contribution in [0.3, 0.4) is 0 Å². The number of hydrogen-bond donors (Lipinski definition) is 0. The molecule has 1 atom stereocenters. The van der Waals surface area contributed by atoms with E-state index in [4.69, 9.17) is 11.6 Å². The zero-order valence-corrected chi connectivity index (χ0v) is 12.3. The molecule has 18 heavy (non-hydrogen) atoms. The maximum atomic E-state index is 6.22. The molecule has 0 amide bonds. The molecule has 0 radical (unpaired) electrons. The first-order chi connectivity index (χ1) is 8.50. The minimum Gasteiger partial charge on any atom is -0.353 e. The van der Waals surface area contributed by atoms with Gasteiger partial charge in [0.2, 0.25) is 0 Å². The van der Waals surface area contributed by atoms with E-state index < -0.39 is 0 Å². The third-order valence-corrected chi connectivity index (χ3v) is 3.95. The van der Waals surface area contributed by atoms with Crippen LogP contribution < -0.4 is 4.90 Å². The van der Waals surface area contributed by atoms with Gasteiger partial charge in [-0.3, -0.25) is 0 Å². The van der Waals surface area contributed by atoms with E-state index in [-0.39, 0.29) is 0 Å². The number of aromatic nitrogens is 2. The normalized spacial score (nSPS) is 21.7. The summed E-state index contributed by atoms with van der Waals surface area (Å²) in [5, 5.41) is 0.585. The Balaban J connectivity index is 2.31. The second-order valence-corrected chi connectivity index (χ2v) is 5.69. The van der Waals surface area contributed by atoms with Gasteiger partial charge in [-0.05, 0) is 19.9 Å². The Labute approximate surface area is 114 Å². The first kappa shape index (κ1) is 13.6. The smallest absolute Gasteiger partial charge is 0.138 e. The Morgan fingerprint density at radius 3 is 2.67 bits per heavy atom. The molecule has 2 heterocycles. The monoisotopic (exact) mass is 268 g/mol. The molecule has 1 aliphatic heterocycles. The van der Waals surface area contributed by atoms with E-state index >= 15 is 0 Å². The van der Waals surface area contributed by atoms with Gasteiger partial charge in [0, 0.05) is 31.2 Å². The largest absolute Gasteiger partial charge is 0.353 e. The highest BCUT2D eigenvalue weighted by atomic mass is 35.5. The van der Waals surface area contributed by atoms with Crippen molar-refractivity contribution in [3.05, 3.63) is 17.0 Å². The third kappa shape index (κ3) is 2.59. The first-order valence-electron chi connectivity index (χ1n) is 6.46. The van der Waals surface area contributed by atoms with Crippen LogP contribution in [-0.4, -0.2) is 47.6 Å². The molecule has 4 nitrogen and oxygen atoms in total. The summed E-state index contributed by atoms with van der Waals surface area (Å²) in [6.07, 6.45) is 1.56. The minimum absolute atomic E-state index is 0.337. The molecule has 0 aliphatic carbocycles. The Kier molecular flexibility index (Phi) is 4.07. The summed E-state index contributed by atoms with van der Waals surface area (Å²) in [6.45, 7) is 9.54. The van der Waals surface area contributed by atoms with Crippen molar-refractivity contribution < 1.29 is 0 Å². The molecule has 2 rings (SSSR count). The summed E-state index contributed by atoms with van der Waals surface area (Å²) in [4.78, 5) is 13.3. The van der Waals surface area contributed by atoms with Crippen LogP contribution in [0.25, 0.3) is 0 Å². The molecule has 0 N–H and O–H groups in total. The average molecular weight is 269 g/mol. The summed E-state index contributed by atoms with van der Waals surface area (Å²) in [7, 11) is 2.16. The summed E-state index contributed by atoms with van der Waals surface area (Å²) in [5.41, 5.74) is 1.07. The van der Waals surface area contributed by atoms with Gasteiger partial charge >= 0.3 is 0 Å². The molecule has 0 spiro atoms. The maximum Gasteiger partial charge on any atom is 0.138 e. The zero-order chi connectivity index (χ0) is 13.3. The van der Waals surface area contributed by atoms with Gasteiger partial charge in [0.05, 0.1) is 0 Å². The molecule has 1 aromatic rings. The van der Waals surface area contributed by atoms with Gasteiger partial charge in [-0.15, -0.1) is 0 Å². The predicted molar refractivity (Wildman–Crippen MR) is 75.4 cm³/mol. The molecule has 1 unspecified atom stereocenters. The molecule has 0 bridgehead atoms. The first-order valence-corrected chi connectivity index (χ1v) is 6.84. The summed E-state index contributed by atoms with van der Waals surface area (Å²) in [6, 6.07) is 0.535. The molecule has 100 valence electrons. The highest BCUT2D eigenvalue weighted by Crippen LogP contribution is 2.31. The van der Waals surface area contributed by atoms with Crippen LogP contribution in [0, 0.1) is 0 Å². The maximum absolute atomic E-state index is 6.22. The van der Waals surface area contributed by atoms with Crippen molar-refractivity contribution in [1.29, 1.82) is 0 Å². The molecule has 0 saturated carbocycles. The van der Waals surface area contributed by atoms with Gasteiger partial charge in [-0.1, -0.05) is 25.4 Å². The van der Waals surface area contributed by atoms with Crippen LogP contribution in [0.4, 0.5) is 5.82 Å². The minimum atomic E-state index is 0.337. The number of piperazine rings is 1. The number of nitrogens with zero attached hydrogens (tertiary/aromatic N) is 4. The highest BCUT2D eigenvalue weighted by Gasteiger charge is 2.25. The number of hydrogen-bond acceptors (Lipinski definition) is 4. The molecule has 0 aromatic carbocycles. The second kappa shape index (κ2) is 5.41. The standard InChI is InChI=1S/C13H21ClN4/c1-9(2)11-12(14)15-8-16-13(11)18-6-5-17(4)10(3)7-18/h8-10H,5-7H2,1-4H3. The number of likely N-dealkylation sites (N-methyl/N-ethyl adjacent to an activating group) is 1. The summed E-state index contributed by atoms with van der Waals surface area (Å²) >= 11 is 6.22. The highest BCUT2D eigenvalue weighted by molar-refractivity contribution is 6.30. The van der Waals surface area contributed by atoms with E-state index in [1.165, 1.54) is 0 Å². The Bertz CT molecular complexity index is 421. The van der Waals surface area contributed by atoms with Crippen LogP contribution in [-0.2, 0) is 0 Å². The number of halogens is 1. The molecular weight excluding hydrogens is 248 g/mol. The lowest BCUT2D eigenvalue weighted by molar-refractivity contribution is 0.233. The fourth-order valence-electron chi connectivity index (χ4n) is 2.35. The lowest BCUT2D eigenvalue weighted by Crippen LogP contribution is -2.50. The van der Waals surface area contributed by atoms with Crippen molar-refractivity contribution >= 4 is 17.4 Å². The Hall–Kier alpha value is -0.870. The SMILES string of the molecule is CC(C)c1c(Cl)ncnc1N1CCN(C)C(C)C1. The van der Waals surface area contributed by atoms with Gasteiger partial charge < -0.3 is 9.80 Å². The quantitative estimate of drug-likeness (QED) is 0.771. The van der Waals surface area contributed by atoms with Gasteiger partial charge in [-0.2, -0.15) is 0 Å². The van der Waals surface area contributed by atoms with Crippen molar-refractivity contribution in [2.75, 3.05) is 31.6 Å². The fraction of sp³-hybridized carbons (Fsp3) is 0.692. The van der Waals surface area contributed by atoms with Crippen LogP contribution in [0.1, 0.15) is 32.3 Å². The van der Waals surface area contributed by atoms with Gasteiger partial charge in [0.25, 0.3) is 0 Å². The number of anilines is 1. The fourth-order valence-corrected chi connectivity index (χ4v) is 2.70. The summed E-state index contributed by atoms with van der Waals surface area (Å²) < 4.78 is 0. The van der Waals surface area contributed by atoms with Crippen LogP contribution in [0.15, 0.2) is 6.33 Å². The van der Waals surface area contributed by atoms with Crippen molar-refractivity contribution in [3.63, 3.8) is 0 Å². The van der Waals surface area contributed by atoms with E-state index in [0.717, 1.165) is 31.0 Å². The molecule has 1 aliphatic rings. The van der Waals surface area contributed by atoms with Gasteiger partial charge in [0.15, 0.2) is 0 Å². The third-order valence-electron chi connectivity index (χ3n) is 3.65. The van der Waals surface area contributed by atoms with Crippen molar-refractivity contribution in [1.82, 2.24) is 14.9 Å². The Morgan fingerprint density at radius 1 is 1.33 bits per heavy atom. The van der Waals surface area contributed by atoms with E-state index in [2.05, 4.69) is 47.6 Å². The molecule has 1 aromatic heterocycles. The van der Waals surface area contributed by atoms with Crippen LogP contribution >= 0.6 is 11.6 Å². The number of rotatable bonds is 2. The summed E-state index contributed by atoms with van der Waals surface area (Å²) in [5.74, 6) is 1.34. The molecular formula is C13H21ClN4. The second-order valence-electron chi connectivity index (χ2n) is 5.33.